The third-order valence-electron chi connectivity index (χ3n) is 2.19. The van der Waals surface area contributed by atoms with Crippen LogP contribution in [0.3, 0.4) is 0 Å². The molecule has 1 aromatic heterocycles. The molecule has 1 aromatic rings. The first-order valence-electron chi connectivity index (χ1n) is 5.99. The summed E-state index contributed by atoms with van der Waals surface area (Å²) in [5.41, 5.74) is 0. The van der Waals surface area contributed by atoms with E-state index in [9.17, 15) is 4.79 Å². The molecular formula is C11H20N4O2. The van der Waals surface area contributed by atoms with E-state index in [2.05, 4.69) is 27.7 Å². The predicted molar refractivity (Wildman–Crippen MR) is 63.5 cm³/mol. The molecule has 0 saturated carbocycles. The minimum Gasteiger partial charge on any atom is -0.355 e. The molecule has 1 heterocycles. The summed E-state index contributed by atoms with van der Waals surface area (Å²) < 4.78 is 4.92. The fourth-order valence-electron chi connectivity index (χ4n) is 1.34. The highest BCUT2D eigenvalue weighted by Crippen LogP contribution is 1.99. The van der Waals surface area contributed by atoms with Crippen LogP contribution in [-0.2, 0) is 11.2 Å². The number of aromatic nitrogens is 2. The first-order valence-corrected chi connectivity index (χ1v) is 5.99. The van der Waals surface area contributed by atoms with E-state index in [0.29, 0.717) is 31.1 Å². The Labute approximate surface area is 101 Å². The zero-order valence-corrected chi connectivity index (χ0v) is 10.5. The Bertz CT molecular complexity index is 338. The number of hydrogen-bond donors (Lipinski definition) is 2. The summed E-state index contributed by atoms with van der Waals surface area (Å²) in [6.45, 7) is 6.31. The highest BCUT2D eigenvalue weighted by Gasteiger charge is 2.06. The van der Waals surface area contributed by atoms with Crippen molar-refractivity contribution in [2.24, 2.45) is 0 Å². The van der Waals surface area contributed by atoms with Crippen molar-refractivity contribution >= 4 is 5.91 Å². The summed E-state index contributed by atoms with van der Waals surface area (Å²) >= 11 is 0. The SMILES string of the molecule is CCCNCCNC(=O)CCc1nc(C)no1. The zero-order chi connectivity index (χ0) is 12.5. The van der Waals surface area contributed by atoms with Crippen LogP contribution < -0.4 is 10.6 Å². The first kappa shape index (κ1) is 13.6. The van der Waals surface area contributed by atoms with Gasteiger partial charge in [-0.2, -0.15) is 4.98 Å². The van der Waals surface area contributed by atoms with Gasteiger partial charge in [-0.1, -0.05) is 12.1 Å². The number of hydrogen-bond acceptors (Lipinski definition) is 5. The van der Waals surface area contributed by atoms with Crippen LogP contribution in [0.4, 0.5) is 0 Å². The summed E-state index contributed by atoms with van der Waals surface area (Å²) in [5.74, 6) is 1.13. The molecule has 1 rings (SSSR count). The Balaban J connectivity index is 2.05. The van der Waals surface area contributed by atoms with Gasteiger partial charge in [-0.3, -0.25) is 4.79 Å². The fourth-order valence-corrected chi connectivity index (χ4v) is 1.34. The van der Waals surface area contributed by atoms with Gasteiger partial charge in [0.15, 0.2) is 5.82 Å². The summed E-state index contributed by atoms with van der Waals surface area (Å²) in [5, 5.41) is 9.70. The van der Waals surface area contributed by atoms with Gasteiger partial charge in [0.25, 0.3) is 0 Å². The molecule has 0 fully saturated rings. The van der Waals surface area contributed by atoms with Gasteiger partial charge in [-0.15, -0.1) is 0 Å². The molecular weight excluding hydrogens is 220 g/mol. The predicted octanol–water partition coefficient (Wildman–Crippen LogP) is 0.426. The fraction of sp³-hybridized carbons (Fsp3) is 0.727. The number of amides is 1. The summed E-state index contributed by atoms with van der Waals surface area (Å²) in [6.07, 6.45) is 1.98. The lowest BCUT2D eigenvalue weighted by Crippen LogP contribution is -2.32. The quantitative estimate of drug-likeness (QED) is 0.644. The van der Waals surface area contributed by atoms with E-state index in [4.69, 9.17) is 4.52 Å². The molecule has 0 aliphatic carbocycles. The Morgan fingerprint density at radius 2 is 2.18 bits per heavy atom. The standard InChI is InChI=1S/C11H20N4O2/c1-3-6-12-7-8-13-10(16)4-5-11-14-9(2)15-17-11/h12H,3-8H2,1-2H3,(H,13,16). The van der Waals surface area contributed by atoms with Crippen molar-refractivity contribution in [1.82, 2.24) is 20.8 Å². The summed E-state index contributed by atoms with van der Waals surface area (Å²) in [7, 11) is 0. The number of nitrogens with one attached hydrogen (secondary N) is 2. The van der Waals surface area contributed by atoms with Gasteiger partial charge in [-0.05, 0) is 19.9 Å². The lowest BCUT2D eigenvalue weighted by atomic mass is 10.3. The molecule has 6 nitrogen and oxygen atoms in total. The normalized spacial score (nSPS) is 10.5. The summed E-state index contributed by atoms with van der Waals surface area (Å²) in [6, 6.07) is 0. The van der Waals surface area contributed by atoms with Crippen LogP contribution in [0.5, 0.6) is 0 Å². The van der Waals surface area contributed by atoms with Crippen molar-refractivity contribution in [3.63, 3.8) is 0 Å². The summed E-state index contributed by atoms with van der Waals surface area (Å²) in [4.78, 5) is 15.5. The van der Waals surface area contributed by atoms with E-state index in [1.165, 1.54) is 0 Å². The van der Waals surface area contributed by atoms with Gasteiger partial charge in [-0.25, -0.2) is 0 Å². The number of nitrogens with zero attached hydrogens (tertiary/aromatic N) is 2. The van der Waals surface area contributed by atoms with Gasteiger partial charge in [0.2, 0.25) is 11.8 Å². The Morgan fingerprint density at radius 1 is 1.35 bits per heavy atom. The molecule has 0 atom stereocenters. The molecule has 0 spiro atoms. The maximum absolute atomic E-state index is 11.4. The third kappa shape index (κ3) is 6.01. The van der Waals surface area contributed by atoms with Crippen molar-refractivity contribution in [2.75, 3.05) is 19.6 Å². The van der Waals surface area contributed by atoms with Crippen LogP contribution in [0.2, 0.25) is 0 Å². The van der Waals surface area contributed by atoms with Crippen molar-refractivity contribution in [2.45, 2.75) is 33.1 Å². The second-order valence-corrected chi connectivity index (χ2v) is 3.84. The molecule has 0 unspecified atom stereocenters. The Morgan fingerprint density at radius 3 is 2.82 bits per heavy atom. The molecule has 6 heteroatoms. The maximum atomic E-state index is 11.4. The van der Waals surface area contributed by atoms with Crippen molar-refractivity contribution < 1.29 is 9.32 Å². The largest absolute Gasteiger partial charge is 0.355 e. The van der Waals surface area contributed by atoms with Crippen molar-refractivity contribution in [3.05, 3.63) is 11.7 Å². The zero-order valence-electron chi connectivity index (χ0n) is 10.5. The van der Waals surface area contributed by atoms with Gasteiger partial charge >= 0.3 is 0 Å². The number of carbonyl (C=O) groups is 1. The Kier molecular flexibility index (Phi) is 6.24. The van der Waals surface area contributed by atoms with Crippen LogP contribution in [0.15, 0.2) is 4.52 Å². The van der Waals surface area contributed by atoms with Crippen molar-refractivity contribution in [1.29, 1.82) is 0 Å². The molecule has 1 amide bonds. The second-order valence-electron chi connectivity index (χ2n) is 3.84. The highest BCUT2D eigenvalue weighted by atomic mass is 16.5. The van der Waals surface area contributed by atoms with Crippen LogP contribution in [0, 0.1) is 6.92 Å². The van der Waals surface area contributed by atoms with Gasteiger partial charge < -0.3 is 15.2 Å². The topological polar surface area (TPSA) is 80.0 Å². The lowest BCUT2D eigenvalue weighted by molar-refractivity contribution is -0.121. The van der Waals surface area contributed by atoms with Crippen LogP contribution in [0.25, 0.3) is 0 Å². The minimum atomic E-state index is 0.0131. The molecule has 17 heavy (non-hydrogen) atoms. The van der Waals surface area contributed by atoms with Crippen LogP contribution >= 0.6 is 0 Å². The van der Waals surface area contributed by atoms with Gasteiger partial charge in [0.1, 0.15) is 0 Å². The third-order valence-corrected chi connectivity index (χ3v) is 2.19. The van der Waals surface area contributed by atoms with E-state index in [1.807, 2.05) is 0 Å². The Hall–Kier alpha value is -1.43. The maximum Gasteiger partial charge on any atom is 0.227 e. The number of aryl methyl sites for hydroxylation is 2. The van der Waals surface area contributed by atoms with Gasteiger partial charge in [0, 0.05) is 25.9 Å². The lowest BCUT2D eigenvalue weighted by Gasteiger charge is -2.04. The molecule has 0 radical (unpaired) electrons. The molecule has 96 valence electrons. The molecule has 0 bridgehead atoms. The average molecular weight is 240 g/mol. The van der Waals surface area contributed by atoms with Crippen LogP contribution in [0.1, 0.15) is 31.5 Å². The second kappa shape index (κ2) is 7.78. The molecule has 0 saturated heterocycles. The first-order chi connectivity index (χ1) is 8.22. The number of rotatable bonds is 8. The molecule has 0 aromatic carbocycles. The van der Waals surface area contributed by atoms with Crippen molar-refractivity contribution in [3.8, 4) is 0 Å². The number of carbonyl (C=O) groups excluding carboxylic acids is 1. The average Bonchev–Trinajstić information content (AvgIpc) is 2.72. The minimum absolute atomic E-state index is 0.0131. The van der Waals surface area contributed by atoms with Crippen LogP contribution in [-0.4, -0.2) is 35.7 Å². The van der Waals surface area contributed by atoms with E-state index in [-0.39, 0.29) is 5.91 Å². The van der Waals surface area contributed by atoms with E-state index < -0.39 is 0 Å². The highest BCUT2D eigenvalue weighted by molar-refractivity contribution is 5.75. The monoisotopic (exact) mass is 240 g/mol. The van der Waals surface area contributed by atoms with E-state index in [1.54, 1.807) is 6.92 Å². The van der Waals surface area contributed by atoms with E-state index in [0.717, 1.165) is 19.5 Å². The molecule has 0 aliphatic rings. The smallest absolute Gasteiger partial charge is 0.227 e. The molecule has 0 aliphatic heterocycles. The molecule has 2 N–H and O–H groups in total. The van der Waals surface area contributed by atoms with E-state index >= 15 is 0 Å². The van der Waals surface area contributed by atoms with Gasteiger partial charge in [0.05, 0.1) is 0 Å².